The number of benzene rings is 2. The normalized spacial score (nSPS) is 13.4. The van der Waals surface area contributed by atoms with Gasteiger partial charge in [0, 0.05) is 24.9 Å². The molecular formula is C27H34N2O5. The Kier molecular flexibility index (Phi) is 8.31. The van der Waals surface area contributed by atoms with Crippen molar-refractivity contribution in [3.63, 3.8) is 0 Å². The van der Waals surface area contributed by atoms with E-state index < -0.39 is 18.1 Å². The van der Waals surface area contributed by atoms with Crippen molar-refractivity contribution in [1.82, 2.24) is 10.2 Å². The van der Waals surface area contributed by atoms with Crippen LogP contribution in [0.25, 0.3) is 11.1 Å². The average Bonchev–Trinajstić information content (AvgIpc) is 3.11. The number of carboxylic acids is 1. The van der Waals surface area contributed by atoms with Crippen molar-refractivity contribution in [3.8, 4) is 11.1 Å². The number of nitrogens with zero attached hydrogens (tertiary/aromatic N) is 1. The Hall–Kier alpha value is -3.35. The van der Waals surface area contributed by atoms with Crippen LogP contribution in [0.5, 0.6) is 0 Å². The Morgan fingerprint density at radius 1 is 0.971 bits per heavy atom. The first-order valence-corrected chi connectivity index (χ1v) is 11.8. The van der Waals surface area contributed by atoms with E-state index in [1.54, 1.807) is 4.90 Å². The second kappa shape index (κ2) is 11.2. The Morgan fingerprint density at radius 3 is 2.03 bits per heavy atom. The molecule has 0 bridgehead atoms. The second-order valence-corrected chi connectivity index (χ2v) is 9.31. The van der Waals surface area contributed by atoms with Crippen LogP contribution in [0.2, 0.25) is 0 Å². The number of hydrogen-bond donors (Lipinski definition) is 2. The number of hydrogen-bond acceptors (Lipinski definition) is 4. The average molecular weight is 467 g/mol. The molecule has 0 fully saturated rings. The highest BCUT2D eigenvalue weighted by Gasteiger charge is 2.32. The number of carboxylic acid groups (broad SMARTS) is 1. The number of ether oxygens (including phenoxy) is 1. The minimum Gasteiger partial charge on any atom is -0.481 e. The van der Waals surface area contributed by atoms with Gasteiger partial charge in [-0.3, -0.25) is 9.59 Å². The van der Waals surface area contributed by atoms with Crippen molar-refractivity contribution in [2.24, 2.45) is 5.92 Å². The zero-order chi connectivity index (χ0) is 24.8. The molecule has 0 saturated carbocycles. The van der Waals surface area contributed by atoms with Crippen molar-refractivity contribution in [3.05, 3.63) is 59.7 Å². The number of alkyl carbamates (subject to hydrolysis) is 1. The predicted molar refractivity (Wildman–Crippen MR) is 131 cm³/mol. The van der Waals surface area contributed by atoms with Crippen molar-refractivity contribution in [1.29, 1.82) is 0 Å². The third-order valence-corrected chi connectivity index (χ3v) is 6.25. The van der Waals surface area contributed by atoms with Crippen LogP contribution < -0.4 is 5.32 Å². The van der Waals surface area contributed by atoms with Gasteiger partial charge < -0.3 is 20.1 Å². The van der Waals surface area contributed by atoms with Gasteiger partial charge in [0.1, 0.15) is 12.6 Å². The molecular weight excluding hydrogens is 432 g/mol. The molecule has 2 aromatic rings. The molecule has 2 N–H and O–H groups in total. The summed E-state index contributed by atoms with van der Waals surface area (Å²) in [6, 6.07) is 15.3. The second-order valence-electron chi connectivity index (χ2n) is 9.31. The van der Waals surface area contributed by atoms with Gasteiger partial charge >= 0.3 is 12.1 Å². The van der Waals surface area contributed by atoms with E-state index in [0.29, 0.717) is 13.0 Å². The molecule has 0 unspecified atom stereocenters. The van der Waals surface area contributed by atoms with Crippen molar-refractivity contribution < 1.29 is 24.2 Å². The van der Waals surface area contributed by atoms with E-state index in [9.17, 15) is 14.4 Å². The van der Waals surface area contributed by atoms with Crippen molar-refractivity contribution in [2.45, 2.75) is 58.5 Å². The minimum absolute atomic E-state index is 0.0113. The third kappa shape index (κ3) is 5.76. The van der Waals surface area contributed by atoms with Crippen molar-refractivity contribution >= 4 is 18.0 Å². The van der Waals surface area contributed by atoms with E-state index in [-0.39, 0.29) is 36.8 Å². The highest BCUT2D eigenvalue weighted by atomic mass is 16.5. The smallest absolute Gasteiger partial charge is 0.407 e. The summed E-state index contributed by atoms with van der Waals surface area (Å²) < 4.78 is 5.62. The Bertz CT molecular complexity index is 988. The van der Waals surface area contributed by atoms with Gasteiger partial charge in [-0.25, -0.2) is 4.79 Å². The van der Waals surface area contributed by atoms with Crippen LogP contribution in [0.4, 0.5) is 4.79 Å². The Balaban J connectivity index is 1.66. The molecule has 2 amide bonds. The summed E-state index contributed by atoms with van der Waals surface area (Å²) >= 11 is 0. The molecule has 0 aromatic heterocycles. The SMILES string of the molecule is CC(C)[C@H](NC(=O)OCC1c2ccccc2-c2ccccc21)C(=O)N(CCCC(=O)O)C(C)C. The van der Waals surface area contributed by atoms with Gasteiger partial charge in [-0.1, -0.05) is 62.4 Å². The molecule has 1 atom stereocenters. The summed E-state index contributed by atoms with van der Waals surface area (Å²) in [5.74, 6) is -1.35. The van der Waals surface area contributed by atoms with Gasteiger partial charge in [-0.05, 0) is 48.4 Å². The van der Waals surface area contributed by atoms with Gasteiger partial charge in [0.2, 0.25) is 5.91 Å². The molecule has 0 aliphatic heterocycles. The van der Waals surface area contributed by atoms with Gasteiger partial charge in [0.15, 0.2) is 0 Å². The molecule has 0 radical (unpaired) electrons. The molecule has 7 nitrogen and oxygen atoms in total. The molecule has 1 aliphatic rings. The first-order chi connectivity index (χ1) is 16.2. The van der Waals surface area contributed by atoms with Gasteiger partial charge in [0.25, 0.3) is 0 Å². The summed E-state index contributed by atoms with van der Waals surface area (Å²) in [5.41, 5.74) is 4.54. The Morgan fingerprint density at radius 2 is 1.53 bits per heavy atom. The van der Waals surface area contributed by atoms with Gasteiger partial charge in [0.05, 0.1) is 0 Å². The van der Waals surface area contributed by atoms with E-state index in [4.69, 9.17) is 9.84 Å². The summed E-state index contributed by atoms with van der Waals surface area (Å²) in [6.07, 6.45) is -0.291. The molecule has 1 aliphatic carbocycles. The van der Waals surface area contributed by atoms with E-state index in [2.05, 4.69) is 29.6 Å². The summed E-state index contributed by atoms with van der Waals surface area (Å²) in [4.78, 5) is 38.5. The maximum atomic E-state index is 13.2. The van der Waals surface area contributed by atoms with Crippen LogP contribution in [-0.2, 0) is 14.3 Å². The lowest BCUT2D eigenvalue weighted by atomic mass is 9.98. The monoisotopic (exact) mass is 466 g/mol. The van der Waals surface area contributed by atoms with Crippen LogP contribution in [-0.4, -0.2) is 53.2 Å². The van der Waals surface area contributed by atoms with Crippen LogP contribution in [0, 0.1) is 5.92 Å². The van der Waals surface area contributed by atoms with Gasteiger partial charge in [-0.2, -0.15) is 0 Å². The first kappa shape index (κ1) is 25.3. The van der Waals surface area contributed by atoms with E-state index >= 15 is 0 Å². The molecule has 34 heavy (non-hydrogen) atoms. The third-order valence-electron chi connectivity index (χ3n) is 6.25. The topological polar surface area (TPSA) is 95.9 Å². The fourth-order valence-corrected chi connectivity index (χ4v) is 4.48. The molecule has 7 heteroatoms. The molecule has 0 heterocycles. The zero-order valence-corrected chi connectivity index (χ0v) is 20.3. The molecule has 0 spiro atoms. The van der Waals surface area contributed by atoms with E-state index in [0.717, 1.165) is 22.3 Å². The number of carbonyl (C=O) groups is 3. The predicted octanol–water partition coefficient (Wildman–Crippen LogP) is 4.65. The van der Waals surface area contributed by atoms with Crippen LogP contribution in [0.3, 0.4) is 0 Å². The maximum Gasteiger partial charge on any atom is 0.407 e. The largest absolute Gasteiger partial charge is 0.481 e. The fraction of sp³-hybridized carbons (Fsp3) is 0.444. The molecule has 182 valence electrons. The van der Waals surface area contributed by atoms with Crippen LogP contribution >= 0.6 is 0 Å². The number of nitrogens with one attached hydrogen (secondary N) is 1. The molecule has 0 saturated heterocycles. The lowest BCUT2D eigenvalue weighted by Crippen LogP contribution is -2.53. The fourth-order valence-electron chi connectivity index (χ4n) is 4.48. The minimum atomic E-state index is -0.895. The highest BCUT2D eigenvalue weighted by molar-refractivity contribution is 5.86. The number of amides is 2. The summed E-state index contributed by atoms with van der Waals surface area (Å²) in [5, 5.41) is 11.7. The highest BCUT2D eigenvalue weighted by Crippen LogP contribution is 2.44. The zero-order valence-electron chi connectivity index (χ0n) is 20.3. The summed E-state index contributed by atoms with van der Waals surface area (Å²) in [6.45, 7) is 7.97. The number of fused-ring (bicyclic) bond motifs is 3. The van der Waals surface area contributed by atoms with Crippen LogP contribution in [0.15, 0.2) is 48.5 Å². The Labute approximate surface area is 201 Å². The van der Waals surface area contributed by atoms with Crippen molar-refractivity contribution in [2.75, 3.05) is 13.2 Å². The first-order valence-electron chi connectivity index (χ1n) is 11.8. The van der Waals surface area contributed by atoms with Crippen LogP contribution in [0.1, 0.15) is 57.6 Å². The number of rotatable bonds is 10. The molecule has 3 rings (SSSR count). The lowest BCUT2D eigenvalue weighted by Gasteiger charge is -2.32. The summed E-state index contributed by atoms with van der Waals surface area (Å²) in [7, 11) is 0. The number of aliphatic carboxylic acids is 1. The van der Waals surface area contributed by atoms with E-state index in [1.807, 2.05) is 52.0 Å². The maximum absolute atomic E-state index is 13.2. The van der Waals surface area contributed by atoms with E-state index in [1.165, 1.54) is 0 Å². The standard InChI is InChI=1S/C27H34N2O5/c1-17(2)25(26(32)29(18(3)4)15-9-14-24(30)31)28-27(33)34-16-23-21-12-7-5-10-19(21)20-11-6-8-13-22(20)23/h5-8,10-13,17-18,23,25H,9,14-16H2,1-4H3,(H,28,33)(H,30,31)/t25-/m0/s1. The number of carbonyl (C=O) groups excluding carboxylic acids is 2. The lowest BCUT2D eigenvalue weighted by molar-refractivity contribution is -0.139. The van der Waals surface area contributed by atoms with Gasteiger partial charge in [-0.15, -0.1) is 0 Å². The molecule has 2 aromatic carbocycles. The quantitative estimate of drug-likeness (QED) is 0.531.